The Kier molecular flexibility index (Phi) is 4.62. The highest BCUT2D eigenvalue weighted by Gasteiger charge is 2.10. The molecule has 0 bridgehead atoms. The minimum absolute atomic E-state index is 0.565. The minimum atomic E-state index is 0.565. The van der Waals surface area contributed by atoms with Gasteiger partial charge in [0.2, 0.25) is 0 Å². The fraction of sp³-hybridized carbons (Fsp3) is 0.308. The van der Waals surface area contributed by atoms with Crippen molar-refractivity contribution in [2.75, 3.05) is 6.54 Å². The smallest absolute Gasteiger partial charge is 0.123 e. The lowest BCUT2D eigenvalue weighted by atomic mass is 10.2. The summed E-state index contributed by atoms with van der Waals surface area (Å²) in [6.45, 7) is 5.95. The van der Waals surface area contributed by atoms with Crippen molar-refractivity contribution in [1.82, 2.24) is 10.3 Å². The monoisotopic (exact) mass is 300 g/mol. The first-order valence-corrected chi connectivity index (χ1v) is 7.31. The SMILES string of the molecule is CCNCc1sc(-c2ccc(Cl)c(Cl)c2)nc1C. The second-order valence-corrected chi connectivity index (χ2v) is 5.83. The first-order chi connectivity index (χ1) is 8.61. The lowest BCUT2D eigenvalue weighted by Gasteiger charge is -1.99. The van der Waals surface area contributed by atoms with E-state index in [9.17, 15) is 0 Å². The van der Waals surface area contributed by atoms with Crippen LogP contribution in [-0.4, -0.2) is 11.5 Å². The van der Waals surface area contributed by atoms with Gasteiger partial charge in [-0.1, -0.05) is 36.2 Å². The van der Waals surface area contributed by atoms with Gasteiger partial charge in [-0.3, -0.25) is 0 Å². The molecule has 18 heavy (non-hydrogen) atoms. The Balaban J connectivity index is 2.30. The fourth-order valence-electron chi connectivity index (χ4n) is 1.58. The summed E-state index contributed by atoms with van der Waals surface area (Å²) < 4.78 is 0. The van der Waals surface area contributed by atoms with Crippen molar-refractivity contribution in [2.45, 2.75) is 20.4 Å². The first kappa shape index (κ1) is 13.8. The van der Waals surface area contributed by atoms with Gasteiger partial charge in [0.1, 0.15) is 5.01 Å². The van der Waals surface area contributed by atoms with E-state index in [0.717, 1.165) is 29.4 Å². The van der Waals surface area contributed by atoms with Crippen molar-refractivity contribution < 1.29 is 0 Å². The molecule has 1 N–H and O–H groups in total. The highest BCUT2D eigenvalue weighted by Crippen LogP contribution is 2.32. The molecule has 0 aliphatic rings. The van der Waals surface area contributed by atoms with Crippen LogP contribution >= 0.6 is 34.5 Å². The first-order valence-electron chi connectivity index (χ1n) is 5.74. The third kappa shape index (κ3) is 3.04. The molecule has 1 aromatic heterocycles. The van der Waals surface area contributed by atoms with E-state index in [1.807, 2.05) is 19.1 Å². The predicted molar refractivity (Wildman–Crippen MR) is 79.7 cm³/mol. The quantitative estimate of drug-likeness (QED) is 0.897. The van der Waals surface area contributed by atoms with Crippen molar-refractivity contribution in [3.05, 3.63) is 38.8 Å². The van der Waals surface area contributed by atoms with E-state index in [2.05, 4.69) is 17.2 Å². The van der Waals surface area contributed by atoms with E-state index in [1.54, 1.807) is 17.4 Å². The number of benzene rings is 1. The molecule has 0 atom stereocenters. The molecule has 1 aromatic carbocycles. The van der Waals surface area contributed by atoms with Crippen LogP contribution in [0.3, 0.4) is 0 Å². The number of hydrogen-bond donors (Lipinski definition) is 1. The molecule has 0 radical (unpaired) electrons. The van der Waals surface area contributed by atoms with E-state index < -0.39 is 0 Å². The van der Waals surface area contributed by atoms with Crippen molar-refractivity contribution in [1.29, 1.82) is 0 Å². The van der Waals surface area contributed by atoms with Crippen LogP contribution < -0.4 is 5.32 Å². The molecule has 0 aliphatic heterocycles. The number of thiazole rings is 1. The Hall–Kier alpha value is -0.610. The Bertz CT molecular complexity index is 552. The van der Waals surface area contributed by atoms with Crippen LogP contribution in [0, 0.1) is 6.92 Å². The zero-order valence-electron chi connectivity index (χ0n) is 10.3. The summed E-state index contributed by atoms with van der Waals surface area (Å²) in [7, 11) is 0. The van der Waals surface area contributed by atoms with E-state index in [-0.39, 0.29) is 0 Å². The van der Waals surface area contributed by atoms with Crippen LogP contribution in [-0.2, 0) is 6.54 Å². The standard InChI is InChI=1S/C13H14Cl2N2S/c1-3-16-7-12-8(2)17-13(18-12)9-4-5-10(14)11(15)6-9/h4-6,16H,3,7H2,1-2H3. The van der Waals surface area contributed by atoms with Crippen molar-refractivity contribution in [3.63, 3.8) is 0 Å². The van der Waals surface area contributed by atoms with Gasteiger partial charge in [0, 0.05) is 17.0 Å². The summed E-state index contributed by atoms with van der Waals surface area (Å²) >= 11 is 13.6. The minimum Gasteiger partial charge on any atom is -0.312 e. The Morgan fingerprint density at radius 3 is 2.72 bits per heavy atom. The van der Waals surface area contributed by atoms with Crippen LogP contribution in [0.15, 0.2) is 18.2 Å². The molecule has 0 amide bonds. The average Bonchev–Trinajstić information content (AvgIpc) is 2.72. The summed E-state index contributed by atoms with van der Waals surface area (Å²) in [4.78, 5) is 5.84. The van der Waals surface area contributed by atoms with Crippen LogP contribution in [0.5, 0.6) is 0 Å². The van der Waals surface area contributed by atoms with Crippen LogP contribution in [0.4, 0.5) is 0 Å². The molecule has 2 rings (SSSR count). The molecule has 0 aliphatic carbocycles. The number of aromatic nitrogens is 1. The molecule has 0 saturated heterocycles. The van der Waals surface area contributed by atoms with Gasteiger partial charge in [0.15, 0.2) is 0 Å². The lowest BCUT2D eigenvalue weighted by molar-refractivity contribution is 0.731. The highest BCUT2D eigenvalue weighted by atomic mass is 35.5. The van der Waals surface area contributed by atoms with E-state index >= 15 is 0 Å². The highest BCUT2D eigenvalue weighted by molar-refractivity contribution is 7.15. The maximum absolute atomic E-state index is 6.03. The Morgan fingerprint density at radius 1 is 1.28 bits per heavy atom. The van der Waals surface area contributed by atoms with Gasteiger partial charge in [-0.25, -0.2) is 4.98 Å². The summed E-state index contributed by atoms with van der Waals surface area (Å²) in [6, 6.07) is 5.61. The molecule has 2 nitrogen and oxygen atoms in total. The molecule has 0 spiro atoms. The third-order valence-corrected chi connectivity index (χ3v) is 4.54. The second-order valence-electron chi connectivity index (χ2n) is 3.94. The third-order valence-electron chi connectivity index (χ3n) is 2.59. The summed E-state index contributed by atoms with van der Waals surface area (Å²) in [5, 5.41) is 5.44. The average molecular weight is 301 g/mol. The van der Waals surface area contributed by atoms with Gasteiger partial charge in [0.05, 0.1) is 15.7 Å². The maximum Gasteiger partial charge on any atom is 0.123 e. The molecule has 1 heterocycles. The molecule has 96 valence electrons. The molecule has 0 fully saturated rings. The largest absolute Gasteiger partial charge is 0.312 e. The van der Waals surface area contributed by atoms with Gasteiger partial charge in [-0.2, -0.15) is 0 Å². The summed E-state index contributed by atoms with van der Waals surface area (Å²) in [5.74, 6) is 0. The number of nitrogens with one attached hydrogen (secondary N) is 1. The molecule has 0 unspecified atom stereocenters. The fourth-order valence-corrected chi connectivity index (χ4v) is 2.91. The van der Waals surface area contributed by atoms with E-state index in [0.29, 0.717) is 10.0 Å². The number of hydrogen-bond acceptors (Lipinski definition) is 3. The summed E-state index contributed by atoms with van der Waals surface area (Å²) in [6.07, 6.45) is 0. The number of rotatable bonds is 4. The van der Waals surface area contributed by atoms with Crippen molar-refractivity contribution in [2.24, 2.45) is 0 Å². The van der Waals surface area contributed by atoms with Gasteiger partial charge in [-0.15, -0.1) is 11.3 Å². The van der Waals surface area contributed by atoms with Crippen molar-refractivity contribution in [3.8, 4) is 10.6 Å². The van der Waals surface area contributed by atoms with E-state index in [4.69, 9.17) is 23.2 Å². The number of halogens is 2. The molecule has 5 heteroatoms. The maximum atomic E-state index is 6.03. The zero-order valence-corrected chi connectivity index (χ0v) is 12.6. The number of nitrogens with zero attached hydrogens (tertiary/aromatic N) is 1. The summed E-state index contributed by atoms with van der Waals surface area (Å²) in [5.41, 5.74) is 2.09. The Labute approximate surface area is 121 Å². The zero-order chi connectivity index (χ0) is 13.1. The van der Waals surface area contributed by atoms with Gasteiger partial charge in [-0.05, 0) is 25.6 Å². The lowest BCUT2D eigenvalue weighted by Crippen LogP contribution is -2.11. The van der Waals surface area contributed by atoms with Gasteiger partial charge >= 0.3 is 0 Å². The molecule has 2 aromatic rings. The predicted octanol–water partition coefficient (Wildman–Crippen LogP) is 4.53. The van der Waals surface area contributed by atoms with Crippen LogP contribution in [0.2, 0.25) is 10.0 Å². The molecular formula is C13H14Cl2N2S. The topological polar surface area (TPSA) is 24.9 Å². The van der Waals surface area contributed by atoms with Gasteiger partial charge < -0.3 is 5.32 Å². The second kappa shape index (κ2) is 6.02. The van der Waals surface area contributed by atoms with Crippen LogP contribution in [0.25, 0.3) is 10.6 Å². The normalized spacial score (nSPS) is 10.9. The molecular weight excluding hydrogens is 287 g/mol. The van der Waals surface area contributed by atoms with Crippen LogP contribution in [0.1, 0.15) is 17.5 Å². The number of aryl methyl sites for hydroxylation is 1. The van der Waals surface area contributed by atoms with Crippen molar-refractivity contribution >= 4 is 34.5 Å². The molecule has 0 saturated carbocycles. The Morgan fingerprint density at radius 2 is 2.06 bits per heavy atom. The van der Waals surface area contributed by atoms with E-state index in [1.165, 1.54) is 4.88 Å². The van der Waals surface area contributed by atoms with Gasteiger partial charge in [0.25, 0.3) is 0 Å².